The Bertz CT molecular complexity index is 480. The van der Waals surface area contributed by atoms with Gasteiger partial charge in [0, 0.05) is 12.6 Å². The van der Waals surface area contributed by atoms with Gasteiger partial charge in [0.1, 0.15) is 5.75 Å². The first-order valence-electron chi connectivity index (χ1n) is 8.47. The van der Waals surface area contributed by atoms with Gasteiger partial charge in [0.2, 0.25) is 0 Å². The molecule has 1 heterocycles. The second-order valence-corrected chi connectivity index (χ2v) is 6.75. The van der Waals surface area contributed by atoms with Gasteiger partial charge in [0.25, 0.3) is 0 Å². The Balaban J connectivity index is 1.69. The van der Waals surface area contributed by atoms with E-state index < -0.39 is 0 Å². The van der Waals surface area contributed by atoms with Crippen LogP contribution in [0.4, 0.5) is 4.79 Å². The summed E-state index contributed by atoms with van der Waals surface area (Å²) in [7, 11) is 2.12. The molecule has 1 fully saturated rings. The highest BCUT2D eigenvalue weighted by molar-refractivity contribution is 5.74. The maximum atomic E-state index is 11.9. The molecule has 0 aliphatic carbocycles. The van der Waals surface area contributed by atoms with Gasteiger partial charge in [-0.2, -0.15) is 0 Å². The van der Waals surface area contributed by atoms with Gasteiger partial charge in [-0.05, 0) is 56.6 Å². The highest BCUT2D eigenvalue weighted by Gasteiger charge is 2.17. The number of likely N-dealkylation sites (tertiary alicyclic amines) is 1. The van der Waals surface area contributed by atoms with Crippen LogP contribution in [0.25, 0.3) is 0 Å². The Kier molecular flexibility index (Phi) is 6.71. The molecule has 0 saturated carbocycles. The lowest BCUT2D eigenvalue weighted by Crippen LogP contribution is -2.46. The maximum absolute atomic E-state index is 11.9. The van der Waals surface area contributed by atoms with Crippen LogP contribution in [0.3, 0.4) is 0 Å². The predicted octanol–water partition coefficient (Wildman–Crippen LogP) is 2.61. The zero-order valence-corrected chi connectivity index (χ0v) is 14.5. The number of urea groups is 1. The molecule has 128 valence electrons. The Labute approximate surface area is 139 Å². The number of ether oxygens (including phenoxy) is 1. The SMILES string of the molecule is CC(C)COc1ccc(CNC(=O)NC2CCN(C)CC2)cc1. The topological polar surface area (TPSA) is 53.6 Å². The van der Waals surface area contributed by atoms with Gasteiger partial charge in [-0.15, -0.1) is 0 Å². The van der Waals surface area contributed by atoms with Crippen LogP contribution in [-0.2, 0) is 6.54 Å². The summed E-state index contributed by atoms with van der Waals surface area (Å²) >= 11 is 0. The first kappa shape index (κ1) is 17.6. The van der Waals surface area contributed by atoms with Crippen molar-refractivity contribution in [3.63, 3.8) is 0 Å². The molecule has 0 atom stereocenters. The summed E-state index contributed by atoms with van der Waals surface area (Å²) in [6, 6.07) is 8.09. The third-order valence-corrected chi connectivity index (χ3v) is 4.01. The van der Waals surface area contributed by atoms with E-state index in [9.17, 15) is 4.79 Å². The molecule has 1 aliphatic rings. The minimum Gasteiger partial charge on any atom is -0.493 e. The molecule has 5 heteroatoms. The number of carbonyl (C=O) groups is 1. The van der Waals surface area contributed by atoms with E-state index in [4.69, 9.17) is 4.74 Å². The van der Waals surface area contributed by atoms with Crippen LogP contribution in [0.2, 0.25) is 0 Å². The predicted molar refractivity (Wildman–Crippen MR) is 92.7 cm³/mol. The minimum atomic E-state index is -0.0836. The molecule has 1 aromatic carbocycles. The van der Waals surface area contributed by atoms with Crippen molar-refractivity contribution >= 4 is 6.03 Å². The van der Waals surface area contributed by atoms with E-state index in [0.29, 0.717) is 12.5 Å². The molecule has 1 aliphatic heterocycles. The lowest BCUT2D eigenvalue weighted by molar-refractivity contribution is 0.213. The summed E-state index contributed by atoms with van der Waals surface area (Å²) in [5, 5.41) is 5.98. The summed E-state index contributed by atoms with van der Waals surface area (Å²) in [5.41, 5.74) is 1.07. The smallest absolute Gasteiger partial charge is 0.315 e. The van der Waals surface area contributed by atoms with E-state index in [1.165, 1.54) is 0 Å². The third-order valence-electron chi connectivity index (χ3n) is 4.01. The number of carbonyl (C=O) groups excluding carboxylic acids is 1. The molecule has 2 N–H and O–H groups in total. The van der Waals surface area contributed by atoms with Gasteiger partial charge in [-0.3, -0.25) is 0 Å². The molecule has 2 rings (SSSR count). The maximum Gasteiger partial charge on any atom is 0.315 e. The van der Waals surface area contributed by atoms with Crippen molar-refractivity contribution in [1.29, 1.82) is 0 Å². The quantitative estimate of drug-likeness (QED) is 0.847. The van der Waals surface area contributed by atoms with Crippen LogP contribution in [0.1, 0.15) is 32.3 Å². The molecule has 0 spiro atoms. The molecule has 1 saturated heterocycles. The Morgan fingerprint density at radius 1 is 1.26 bits per heavy atom. The summed E-state index contributed by atoms with van der Waals surface area (Å²) in [4.78, 5) is 14.2. The largest absolute Gasteiger partial charge is 0.493 e. The third kappa shape index (κ3) is 6.48. The number of nitrogens with one attached hydrogen (secondary N) is 2. The average molecular weight is 319 g/mol. The highest BCUT2D eigenvalue weighted by atomic mass is 16.5. The number of hydrogen-bond donors (Lipinski definition) is 2. The van der Waals surface area contributed by atoms with Crippen molar-refractivity contribution in [2.24, 2.45) is 5.92 Å². The van der Waals surface area contributed by atoms with Gasteiger partial charge >= 0.3 is 6.03 Å². The van der Waals surface area contributed by atoms with Crippen LogP contribution >= 0.6 is 0 Å². The Morgan fingerprint density at radius 3 is 2.52 bits per heavy atom. The number of rotatable bonds is 6. The van der Waals surface area contributed by atoms with Crippen molar-refractivity contribution in [2.45, 2.75) is 39.3 Å². The first-order valence-corrected chi connectivity index (χ1v) is 8.47. The lowest BCUT2D eigenvalue weighted by atomic mass is 10.1. The fourth-order valence-corrected chi connectivity index (χ4v) is 2.54. The number of piperidine rings is 1. The first-order chi connectivity index (χ1) is 11.0. The molecule has 5 nitrogen and oxygen atoms in total. The fraction of sp³-hybridized carbons (Fsp3) is 0.611. The molecule has 0 bridgehead atoms. The van der Waals surface area contributed by atoms with Gasteiger partial charge < -0.3 is 20.3 Å². The number of amides is 2. The van der Waals surface area contributed by atoms with Gasteiger partial charge in [-0.25, -0.2) is 4.79 Å². The van der Waals surface area contributed by atoms with Crippen molar-refractivity contribution < 1.29 is 9.53 Å². The van der Waals surface area contributed by atoms with Crippen molar-refractivity contribution in [2.75, 3.05) is 26.7 Å². The van der Waals surface area contributed by atoms with E-state index in [1.807, 2.05) is 24.3 Å². The standard InChI is InChI=1S/C18H29N3O2/c1-14(2)13-23-17-6-4-15(5-7-17)12-19-18(22)20-16-8-10-21(3)11-9-16/h4-7,14,16H,8-13H2,1-3H3,(H2,19,20,22). The average Bonchev–Trinajstić information content (AvgIpc) is 2.54. The molecule has 1 aromatic rings. The van der Waals surface area contributed by atoms with E-state index >= 15 is 0 Å². The summed E-state index contributed by atoms with van der Waals surface area (Å²) in [5.74, 6) is 1.39. The van der Waals surface area contributed by atoms with E-state index in [2.05, 4.69) is 36.4 Å². The Morgan fingerprint density at radius 2 is 1.91 bits per heavy atom. The normalized spacial score (nSPS) is 16.3. The van der Waals surface area contributed by atoms with Crippen LogP contribution in [0.5, 0.6) is 5.75 Å². The summed E-state index contributed by atoms with van der Waals surface area (Å²) < 4.78 is 5.65. The van der Waals surface area contributed by atoms with E-state index in [0.717, 1.165) is 43.9 Å². The molecule has 23 heavy (non-hydrogen) atoms. The van der Waals surface area contributed by atoms with Crippen molar-refractivity contribution in [3.05, 3.63) is 29.8 Å². The zero-order chi connectivity index (χ0) is 16.7. The number of benzene rings is 1. The number of hydrogen-bond acceptors (Lipinski definition) is 3. The second kappa shape index (κ2) is 8.77. The summed E-state index contributed by atoms with van der Waals surface area (Å²) in [6.45, 7) is 7.59. The van der Waals surface area contributed by atoms with Gasteiger partial charge in [0.15, 0.2) is 0 Å². The van der Waals surface area contributed by atoms with E-state index in [-0.39, 0.29) is 12.1 Å². The highest BCUT2D eigenvalue weighted by Crippen LogP contribution is 2.13. The van der Waals surface area contributed by atoms with Crippen LogP contribution in [0.15, 0.2) is 24.3 Å². The second-order valence-electron chi connectivity index (χ2n) is 6.75. The van der Waals surface area contributed by atoms with Crippen LogP contribution in [0, 0.1) is 5.92 Å². The Hall–Kier alpha value is -1.75. The molecular weight excluding hydrogens is 290 g/mol. The molecule has 0 aromatic heterocycles. The van der Waals surface area contributed by atoms with Crippen LogP contribution < -0.4 is 15.4 Å². The van der Waals surface area contributed by atoms with Crippen molar-refractivity contribution in [3.8, 4) is 5.75 Å². The molecule has 2 amide bonds. The zero-order valence-electron chi connectivity index (χ0n) is 14.5. The summed E-state index contributed by atoms with van der Waals surface area (Å²) in [6.07, 6.45) is 2.04. The van der Waals surface area contributed by atoms with Crippen LogP contribution in [-0.4, -0.2) is 43.7 Å². The fourth-order valence-electron chi connectivity index (χ4n) is 2.54. The molecular formula is C18H29N3O2. The molecule has 0 unspecified atom stereocenters. The lowest BCUT2D eigenvalue weighted by Gasteiger charge is -2.29. The van der Waals surface area contributed by atoms with Gasteiger partial charge in [-0.1, -0.05) is 26.0 Å². The monoisotopic (exact) mass is 319 g/mol. The number of nitrogens with zero attached hydrogens (tertiary/aromatic N) is 1. The van der Waals surface area contributed by atoms with Gasteiger partial charge in [0.05, 0.1) is 6.61 Å². The molecule has 0 radical (unpaired) electrons. The van der Waals surface area contributed by atoms with Crippen molar-refractivity contribution in [1.82, 2.24) is 15.5 Å². The van der Waals surface area contributed by atoms with E-state index in [1.54, 1.807) is 0 Å². The minimum absolute atomic E-state index is 0.0836.